The van der Waals surface area contributed by atoms with Crippen molar-refractivity contribution in [2.45, 2.75) is 26.7 Å². The first-order valence-corrected chi connectivity index (χ1v) is 6.75. The van der Waals surface area contributed by atoms with E-state index in [1.807, 2.05) is 0 Å². The van der Waals surface area contributed by atoms with Gasteiger partial charge in [-0.2, -0.15) is 11.8 Å². The Bertz CT molecular complexity index is 153. The van der Waals surface area contributed by atoms with Gasteiger partial charge in [-0.05, 0) is 36.8 Å². The molecular formula is C11H23NOS. The zero-order valence-corrected chi connectivity index (χ0v) is 10.2. The average molecular weight is 217 g/mol. The lowest BCUT2D eigenvalue weighted by Gasteiger charge is -2.26. The summed E-state index contributed by atoms with van der Waals surface area (Å²) in [7, 11) is 0. The van der Waals surface area contributed by atoms with Crippen molar-refractivity contribution >= 4 is 11.8 Å². The van der Waals surface area contributed by atoms with Crippen molar-refractivity contribution in [1.82, 2.24) is 5.32 Å². The van der Waals surface area contributed by atoms with Crippen LogP contribution in [0.1, 0.15) is 26.7 Å². The van der Waals surface area contributed by atoms with Crippen molar-refractivity contribution in [3.05, 3.63) is 0 Å². The van der Waals surface area contributed by atoms with Crippen molar-refractivity contribution < 1.29 is 5.11 Å². The molecule has 2 atom stereocenters. The van der Waals surface area contributed by atoms with Crippen LogP contribution in [-0.2, 0) is 0 Å². The van der Waals surface area contributed by atoms with Crippen LogP contribution < -0.4 is 5.32 Å². The maximum absolute atomic E-state index is 9.23. The second kappa shape index (κ2) is 5.99. The highest BCUT2D eigenvalue weighted by Gasteiger charge is 2.21. The third-order valence-corrected chi connectivity index (χ3v) is 4.48. The van der Waals surface area contributed by atoms with Gasteiger partial charge in [0, 0.05) is 18.6 Å². The van der Waals surface area contributed by atoms with Crippen LogP contribution in [0.4, 0.5) is 0 Å². The van der Waals surface area contributed by atoms with Gasteiger partial charge >= 0.3 is 0 Å². The van der Waals surface area contributed by atoms with Crippen molar-refractivity contribution in [2.24, 2.45) is 11.3 Å². The minimum absolute atomic E-state index is 0.0751. The zero-order valence-electron chi connectivity index (χ0n) is 9.38. The van der Waals surface area contributed by atoms with Crippen molar-refractivity contribution in [1.29, 1.82) is 0 Å². The second-order valence-electron chi connectivity index (χ2n) is 4.68. The van der Waals surface area contributed by atoms with Crippen LogP contribution in [0.2, 0.25) is 0 Å². The Morgan fingerprint density at radius 3 is 2.86 bits per heavy atom. The van der Waals surface area contributed by atoms with Gasteiger partial charge in [0.15, 0.2) is 0 Å². The molecule has 84 valence electrons. The molecule has 0 spiro atoms. The summed E-state index contributed by atoms with van der Waals surface area (Å²) in [6.07, 6.45) is 2.40. The van der Waals surface area contributed by atoms with E-state index in [1.165, 1.54) is 17.9 Å². The fraction of sp³-hybridized carbons (Fsp3) is 1.00. The molecule has 0 bridgehead atoms. The minimum Gasteiger partial charge on any atom is -0.396 e. The van der Waals surface area contributed by atoms with Crippen LogP contribution in [0.15, 0.2) is 0 Å². The van der Waals surface area contributed by atoms with E-state index < -0.39 is 0 Å². The van der Waals surface area contributed by atoms with E-state index in [-0.39, 0.29) is 12.0 Å². The number of hydrogen-bond donors (Lipinski definition) is 2. The smallest absolute Gasteiger partial charge is 0.0496 e. The molecule has 0 aliphatic carbocycles. The summed E-state index contributed by atoms with van der Waals surface area (Å²) in [6.45, 7) is 6.65. The third-order valence-electron chi connectivity index (χ3n) is 3.24. The Labute approximate surface area is 91.9 Å². The highest BCUT2D eigenvalue weighted by atomic mass is 32.2. The van der Waals surface area contributed by atoms with Crippen LogP contribution in [0, 0.1) is 11.3 Å². The second-order valence-corrected chi connectivity index (χ2v) is 5.83. The highest BCUT2D eigenvalue weighted by Crippen LogP contribution is 2.23. The van der Waals surface area contributed by atoms with E-state index in [4.69, 9.17) is 0 Å². The van der Waals surface area contributed by atoms with Gasteiger partial charge in [-0.3, -0.25) is 0 Å². The molecule has 1 saturated heterocycles. The maximum atomic E-state index is 9.23. The first kappa shape index (κ1) is 12.3. The molecular weight excluding hydrogens is 194 g/mol. The number of rotatable bonds is 6. The summed E-state index contributed by atoms with van der Waals surface area (Å²) >= 11 is 2.06. The number of hydrogen-bond acceptors (Lipinski definition) is 3. The van der Waals surface area contributed by atoms with Crippen molar-refractivity contribution in [3.63, 3.8) is 0 Å². The molecule has 1 aliphatic heterocycles. The van der Waals surface area contributed by atoms with Gasteiger partial charge in [-0.25, -0.2) is 0 Å². The Morgan fingerprint density at radius 2 is 2.36 bits per heavy atom. The molecule has 1 aliphatic rings. The quantitative estimate of drug-likeness (QED) is 0.711. The van der Waals surface area contributed by atoms with Gasteiger partial charge < -0.3 is 10.4 Å². The Hall–Kier alpha value is 0.270. The van der Waals surface area contributed by atoms with Gasteiger partial charge in [0.05, 0.1) is 0 Å². The van der Waals surface area contributed by atoms with Crippen LogP contribution in [0.25, 0.3) is 0 Å². The summed E-state index contributed by atoms with van der Waals surface area (Å²) < 4.78 is 0. The number of aliphatic hydroxyl groups is 1. The molecule has 1 heterocycles. The zero-order chi connectivity index (χ0) is 10.4. The van der Waals surface area contributed by atoms with E-state index in [2.05, 4.69) is 30.9 Å². The van der Waals surface area contributed by atoms with Gasteiger partial charge in [-0.15, -0.1) is 0 Å². The van der Waals surface area contributed by atoms with E-state index >= 15 is 0 Å². The molecule has 0 radical (unpaired) electrons. The number of nitrogens with one attached hydrogen (secondary N) is 1. The molecule has 1 rings (SSSR count). The standard InChI is InChI=1S/C11H23NOS/c1-3-11(2,9-13)8-12-6-10-4-5-14-7-10/h10,12-13H,3-9H2,1-2H3. The molecule has 2 N–H and O–H groups in total. The monoisotopic (exact) mass is 217 g/mol. The highest BCUT2D eigenvalue weighted by molar-refractivity contribution is 7.99. The van der Waals surface area contributed by atoms with E-state index in [0.29, 0.717) is 0 Å². The molecule has 0 aromatic heterocycles. The lowest BCUT2D eigenvalue weighted by atomic mass is 9.88. The van der Waals surface area contributed by atoms with Crippen LogP contribution in [-0.4, -0.2) is 36.3 Å². The molecule has 1 fully saturated rings. The number of thioether (sulfide) groups is 1. The molecule has 0 saturated carbocycles. The Balaban J connectivity index is 2.12. The van der Waals surface area contributed by atoms with Gasteiger partial charge in [-0.1, -0.05) is 13.8 Å². The summed E-state index contributed by atoms with van der Waals surface area (Å²) in [4.78, 5) is 0. The average Bonchev–Trinajstić information content (AvgIpc) is 2.70. The van der Waals surface area contributed by atoms with Gasteiger partial charge in [0.25, 0.3) is 0 Å². The Kier molecular flexibility index (Phi) is 5.28. The normalized spacial score (nSPS) is 26.4. The third kappa shape index (κ3) is 3.79. The molecule has 0 aromatic carbocycles. The molecule has 3 heteroatoms. The minimum atomic E-state index is 0.0751. The fourth-order valence-electron chi connectivity index (χ4n) is 1.62. The predicted octanol–water partition coefficient (Wildman–Crippen LogP) is 1.74. The van der Waals surface area contributed by atoms with E-state index in [0.717, 1.165) is 25.4 Å². The van der Waals surface area contributed by atoms with Crippen LogP contribution in [0.3, 0.4) is 0 Å². The lowest BCUT2D eigenvalue weighted by Crippen LogP contribution is -2.36. The summed E-state index contributed by atoms with van der Waals surface area (Å²) in [5.41, 5.74) is 0.0751. The van der Waals surface area contributed by atoms with Crippen molar-refractivity contribution in [2.75, 3.05) is 31.2 Å². The molecule has 0 aromatic rings. The number of aliphatic hydroxyl groups excluding tert-OH is 1. The maximum Gasteiger partial charge on any atom is 0.0496 e. The topological polar surface area (TPSA) is 32.3 Å². The molecule has 2 nitrogen and oxygen atoms in total. The largest absolute Gasteiger partial charge is 0.396 e. The van der Waals surface area contributed by atoms with Gasteiger partial charge in [0.2, 0.25) is 0 Å². The molecule has 0 amide bonds. The van der Waals surface area contributed by atoms with Gasteiger partial charge in [0.1, 0.15) is 0 Å². The summed E-state index contributed by atoms with van der Waals surface area (Å²) in [6, 6.07) is 0. The SMILES string of the molecule is CCC(C)(CO)CNCC1CCSC1. The molecule has 14 heavy (non-hydrogen) atoms. The van der Waals surface area contributed by atoms with Crippen LogP contribution in [0.5, 0.6) is 0 Å². The van der Waals surface area contributed by atoms with Crippen molar-refractivity contribution in [3.8, 4) is 0 Å². The summed E-state index contributed by atoms with van der Waals surface area (Å²) in [5, 5.41) is 12.7. The van der Waals surface area contributed by atoms with E-state index in [1.54, 1.807) is 0 Å². The fourth-order valence-corrected chi connectivity index (χ4v) is 2.90. The first-order chi connectivity index (χ1) is 6.70. The summed E-state index contributed by atoms with van der Waals surface area (Å²) in [5.74, 6) is 3.51. The van der Waals surface area contributed by atoms with Crippen LogP contribution >= 0.6 is 11.8 Å². The Morgan fingerprint density at radius 1 is 1.57 bits per heavy atom. The molecule has 2 unspecified atom stereocenters. The van der Waals surface area contributed by atoms with E-state index in [9.17, 15) is 5.11 Å². The first-order valence-electron chi connectivity index (χ1n) is 5.59. The predicted molar refractivity (Wildman–Crippen MR) is 63.8 cm³/mol. The lowest BCUT2D eigenvalue weighted by molar-refractivity contribution is 0.134.